The van der Waals surface area contributed by atoms with Gasteiger partial charge in [-0.15, -0.1) is 0 Å². The second-order valence-corrected chi connectivity index (χ2v) is 5.06. The number of aromatic nitrogens is 4. The Balaban J connectivity index is 1.87. The van der Waals surface area contributed by atoms with Gasteiger partial charge in [-0.25, -0.2) is 14.6 Å². The molecule has 1 fully saturated rings. The van der Waals surface area contributed by atoms with Crippen LogP contribution in [0.4, 0.5) is 5.82 Å². The molecule has 0 aromatic carbocycles. The number of likely N-dealkylation sites (tertiary alicyclic amines) is 1. The Bertz CT molecular complexity index is 717. The molecule has 108 valence electrons. The molecule has 2 N–H and O–H groups in total. The van der Waals surface area contributed by atoms with Crippen LogP contribution in [0.2, 0.25) is 0 Å². The molecule has 1 aliphatic rings. The summed E-state index contributed by atoms with van der Waals surface area (Å²) in [5, 5.41) is 13.7. The van der Waals surface area contributed by atoms with E-state index in [4.69, 9.17) is 11.0 Å². The minimum Gasteiger partial charge on any atom is -0.383 e. The van der Waals surface area contributed by atoms with Gasteiger partial charge < -0.3 is 10.6 Å². The van der Waals surface area contributed by atoms with Gasteiger partial charge in [-0.1, -0.05) is 0 Å². The fourth-order valence-corrected chi connectivity index (χ4v) is 2.71. The van der Waals surface area contributed by atoms with Crippen LogP contribution in [0.15, 0.2) is 12.5 Å². The van der Waals surface area contributed by atoms with E-state index in [1.54, 1.807) is 15.8 Å². The van der Waals surface area contributed by atoms with Crippen molar-refractivity contribution in [1.82, 2.24) is 24.6 Å². The Morgan fingerprint density at radius 3 is 3.19 bits per heavy atom. The lowest BCUT2D eigenvalue weighted by molar-refractivity contribution is -0.131. The quantitative estimate of drug-likeness (QED) is 0.858. The van der Waals surface area contributed by atoms with E-state index >= 15 is 0 Å². The summed E-state index contributed by atoms with van der Waals surface area (Å²) in [6.45, 7) is 1.23. The Labute approximate surface area is 121 Å². The lowest BCUT2D eigenvalue weighted by atomic mass is 10.1. The number of rotatable bonds is 2. The Morgan fingerprint density at radius 1 is 1.52 bits per heavy atom. The molecule has 3 rings (SSSR count). The molecule has 2 aromatic rings. The molecular formula is C13H15N7O. The first-order chi connectivity index (χ1) is 10.2. The van der Waals surface area contributed by atoms with Crippen LogP contribution in [-0.2, 0) is 4.79 Å². The molecule has 1 atom stereocenters. The molecular weight excluding hydrogens is 270 g/mol. The zero-order valence-electron chi connectivity index (χ0n) is 11.4. The summed E-state index contributed by atoms with van der Waals surface area (Å²) in [4.78, 5) is 21.8. The number of hydrogen-bond acceptors (Lipinski definition) is 6. The summed E-state index contributed by atoms with van der Waals surface area (Å²) < 4.78 is 1.80. The molecule has 0 radical (unpaired) electrons. The van der Waals surface area contributed by atoms with Crippen molar-refractivity contribution >= 4 is 22.8 Å². The predicted molar refractivity (Wildman–Crippen MR) is 74.8 cm³/mol. The van der Waals surface area contributed by atoms with Crippen molar-refractivity contribution in [1.29, 1.82) is 5.26 Å². The molecule has 1 unspecified atom stereocenters. The van der Waals surface area contributed by atoms with Crippen LogP contribution in [0.25, 0.3) is 11.0 Å². The first kappa shape index (κ1) is 13.3. The Morgan fingerprint density at radius 2 is 2.38 bits per heavy atom. The average Bonchev–Trinajstić information content (AvgIpc) is 2.93. The van der Waals surface area contributed by atoms with Crippen LogP contribution in [0.3, 0.4) is 0 Å². The molecule has 1 aliphatic heterocycles. The molecule has 8 heteroatoms. The van der Waals surface area contributed by atoms with Crippen molar-refractivity contribution in [3.63, 3.8) is 0 Å². The molecule has 0 spiro atoms. The topological polar surface area (TPSA) is 114 Å². The number of anilines is 1. The van der Waals surface area contributed by atoms with Gasteiger partial charge in [0.15, 0.2) is 5.65 Å². The summed E-state index contributed by atoms with van der Waals surface area (Å²) in [5.74, 6) is 0.271. The zero-order valence-corrected chi connectivity index (χ0v) is 11.4. The van der Waals surface area contributed by atoms with Crippen molar-refractivity contribution in [3.05, 3.63) is 12.5 Å². The van der Waals surface area contributed by atoms with Crippen molar-refractivity contribution in [3.8, 4) is 6.07 Å². The average molecular weight is 285 g/mol. The number of carbonyl (C=O) groups excluding carboxylic acids is 1. The number of nitrogens with two attached hydrogens (primary N) is 1. The van der Waals surface area contributed by atoms with E-state index in [1.165, 1.54) is 6.33 Å². The third-order valence-electron chi connectivity index (χ3n) is 3.75. The SMILES string of the molecule is N#CCC(=O)N1CCCC(n2ncc3c(N)ncnc32)C1. The van der Waals surface area contributed by atoms with Gasteiger partial charge in [0.2, 0.25) is 5.91 Å². The summed E-state index contributed by atoms with van der Waals surface area (Å²) in [6, 6.07) is 1.95. The minimum absolute atomic E-state index is 0.0493. The number of carbonyl (C=O) groups is 1. The number of nitrogens with zero attached hydrogens (tertiary/aromatic N) is 6. The minimum atomic E-state index is -0.132. The third kappa shape index (κ3) is 2.38. The first-order valence-electron chi connectivity index (χ1n) is 6.79. The van der Waals surface area contributed by atoms with Crippen molar-refractivity contribution < 1.29 is 4.79 Å². The molecule has 2 aromatic heterocycles. The van der Waals surface area contributed by atoms with Crippen LogP contribution in [0.1, 0.15) is 25.3 Å². The van der Waals surface area contributed by atoms with Crippen LogP contribution in [0.5, 0.6) is 0 Å². The van der Waals surface area contributed by atoms with Crippen LogP contribution < -0.4 is 5.73 Å². The predicted octanol–water partition coefficient (Wildman–Crippen LogP) is 0.486. The second-order valence-electron chi connectivity index (χ2n) is 5.06. The van der Waals surface area contributed by atoms with E-state index in [1.807, 2.05) is 6.07 Å². The van der Waals surface area contributed by atoms with Gasteiger partial charge in [0.05, 0.1) is 23.7 Å². The fraction of sp³-hybridized carbons (Fsp3) is 0.462. The van der Waals surface area contributed by atoms with Gasteiger partial charge in [0.1, 0.15) is 18.6 Å². The molecule has 21 heavy (non-hydrogen) atoms. The van der Waals surface area contributed by atoms with Gasteiger partial charge in [-0.3, -0.25) is 4.79 Å². The number of fused-ring (bicyclic) bond motifs is 1. The van der Waals surface area contributed by atoms with E-state index in [2.05, 4.69) is 15.1 Å². The zero-order chi connectivity index (χ0) is 14.8. The summed E-state index contributed by atoms with van der Waals surface area (Å²) in [7, 11) is 0. The van der Waals surface area contributed by atoms with E-state index < -0.39 is 0 Å². The molecule has 0 saturated carbocycles. The van der Waals surface area contributed by atoms with Crippen molar-refractivity contribution in [2.45, 2.75) is 25.3 Å². The number of nitriles is 1. The number of piperidine rings is 1. The molecule has 1 amide bonds. The lowest BCUT2D eigenvalue weighted by Crippen LogP contribution is -2.40. The first-order valence-corrected chi connectivity index (χ1v) is 6.79. The van der Waals surface area contributed by atoms with Gasteiger partial charge in [-0.05, 0) is 12.8 Å². The molecule has 0 bridgehead atoms. The third-order valence-corrected chi connectivity index (χ3v) is 3.75. The molecule has 8 nitrogen and oxygen atoms in total. The largest absolute Gasteiger partial charge is 0.383 e. The standard InChI is InChI=1S/C13H15N7O/c14-4-3-11(21)19-5-1-2-9(7-19)20-13-10(6-18-20)12(15)16-8-17-13/h6,8-9H,1-3,5,7H2,(H2,15,16,17). The van der Waals surface area contributed by atoms with Crippen molar-refractivity contribution in [2.75, 3.05) is 18.8 Å². The van der Waals surface area contributed by atoms with Gasteiger partial charge in [0.25, 0.3) is 0 Å². The highest BCUT2D eigenvalue weighted by Gasteiger charge is 2.26. The Hall–Kier alpha value is -2.69. The molecule has 1 saturated heterocycles. The highest BCUT2D eigenvalue weighted by molar-refractivity contribution is 5.84. The monoisotopic (exact) mass is 285 g/mol. The summed E-state index contributed by atoms with van der Waals surface area (Å²) in [6.07, 6.45) is 4.78. The number of nitrogen functional groups attached to an aromatic ring is 1. The normalized spacial score (nSPS) is 18.6. The maximum Gasteiger partial charge on any atom is 0.236 e. The number of hydrogen-bond donors (Lipinski definition) is 1. The lowest BCUT2D eigenvalue weighted by Gasteiger charge is -2.32. The summed E-state index contributed by atoms with van der Waals surface area (Å²) in [5.41, 5.74) is 6.49. The molecule has 3 heterocycles. The fourth-order valence-electron chi connectivity index (χ4n) is 2.71. The Kier molecular flexibility index (Phi) is 3.39. The van der Waals surface area contributed by atoms with Crippen LogP contribution in [0, 0.1) is 11.3 Å². The smallest absolute Gasteiger partial charge is 0.236 e. The van der Waals surface area contributed by atoms with E-state index in [-0.39, 0.29) is 18.4 Å². The van der Waals surface area contributed by atoms with Crippen LogP contribution >= 0.6 is 0 Å². The second kappa shape index (κ2) is 5.36. The van der Waals surface area contributed by atoms with Gasteiger partial charge >= 0.3 is 0 Å². The van der Waals surface area contributed by atoms with E-state index in [0.29, 0.717) is 24.6 Å². The van der Waals surface area contributed by atoms with E-state index in [9.17, 15) is 4.79 Å². The molecule has 0 aliphatic carbocycles. The number of amides is 1. The van der Waals surface area contributed by atoms with Crippen LogP contribution in [-0.4, -0.2) is 43.6 Å². The maximum atomic E-state index is 11.9. The highest BCUT2D eigenvalue weighted by Crippen LogP contribution is 2.26. The maximum absolute atomic E-state index is 11.9. The van der Waals surface area contributed by atoms with E-state index in [0.717, 1.165) is 18.2 Å². The van der Waals surface area contributed by atoms with Gasteiger partial charge in [-0.2, -0.15) is 10.4 Å². The summed E-state index contributed by atoms with van der Waals surface area (Å²) >= 11 is 0. The van der Waals surface area contributed by atoms with Gasteiger partial charge in [0, 0.05) is 13.1 Å². The highest BCUT2D eigenvalue weighted by atomic mass is 16.2. The van der Waals surface area contributed by atoms with Crippen molar-refractivity contribution in [2.24, 2.45) is 0 Å².